The second-order valence-electron chi connectivity index (χ2n) is 3.21. The average molecular weight is 381 g/mol. The number of nitrogens with zero attached hydrogens (tertiary/aromatic N) is 1. The Kier molecular flexibility index (Phi) is 4.46. The lowest BCUT2D eigenvalue weighted by molar-refractivity contribution is -0.141. The summed E-state index contributed by atoms with van der Waals surface area (Å²) >= 11 is 1.30. The first kappa shape index (κ1) is 15.1. The van der Waals surface area contributed by atoms with Crippen LogP contribution in [0.25, 0.3) is 0 Å². The van der Waals surface area contributed by atoms with E-state index in [2.05, 4.69) is 4.98 Å². The lowest BCUT2D eigenvalue weighted by Crippen LogP contribution is -2.18. The smallest absolute Gasteiger partial charge is 0.418 e. The molecule has 0 spiro atoms. The maximum atomic E-state index is 12.7. The van der Waals surface area contributed by atoms with Gasteiger partial charge in [0.2, 0.25) is 0 Å². The van der Waals surface area contributed by atoms with Crippen molar-refractivity contribution in [3.05, 3.63) is 26.6 Å². The molecule has 0 aromatic carbocycles. The van der Waals surface area contributed by atoms with Gasteiger partial charge < -0.3 is 5.11 Å². The second-order valence-corrected chi connectivity index (χ2v) is 4.37. The van der Waals surface area contributed by atoms with Crippen molar-refractivity contribution in [1.82, 2.24) is 4.98 Å². The predicted molar refractivity (Wildman–Crippen MR) is 58.3 cm³/mol. The Morgan fingerprint density at radius 3 is 2.39 bits per heavy atom. The van der Waals surface area contributed by atoms with E-state index in [0.717, 1.165) is 6.20 Å². The van der Waals surface area contributed by atoms with Crippen LogP contribution in [-0.2, 0) is 17.4 Å². The molecule has 1 aromatic heterocycles. The highest BCUT2D eigenvalue weighted by molar-refractivity contribution is 14.1. The largest absolute Gasteiger partial charge is 0.481 e. The summed E-state index contributed by atoms with van der Waals surface area (Å²) in [5, 5.41) is 8.46. The van der Waals surface area contributed by atoms with Crippen LogP contribution in [0.4, 0.5) is 22.0 Å². The highest BCUT2D eigenvalue weighted by Gasteiger charge is 2.40. The van der Waals surface area contributed by atoms with Gasteiger partial charge in [-0.2, -0.15) is 13.2 Å². The van der Waals surface area contributed by atoms with Gasteiger partial charge in [-0.1, -0.05) is 0 Å². The summed E-state index contributed by atoms with van der Waals surface area (Å²) in [4.78, 5) is 13.7. The number of carboxylic acid groups (broad SMARTS) is 1. The lowest BCUT2D eigenvalue weighted by Gasteiger charge is -2.16. The molecule has 0 saturated carbocycles. The first-order chi connectivity index (χ1) is 8.14. The zero-order valence-electron chi connectivity index (χ0n) is 8.43. The van der Waals surface area contributed by atoms with Crippen LogP contribution in [0.5, 0.6) is 0 Å². The van der Waals surface area contributed by atoms with Gasteiger partial charge >= 0.3 is 12.1 Å². The number of pyridine rings is 1. The van der Waals surface area contributed by atoms with E-state index in [0.29, 0.717) is 0 Å². The maximum absolute atomic E-state index is 12.7. The van der Waals surface area contributed by atoms with Crippen molar-refractivity contribution in [2.24, 2.45) is 0 Å². The van der Waals surface area contributed by atoms with Gasteiger partial charge in [-0.3, -0.25) is 9.78 Å². The minimum absolute atomic E-state index is 0.357. The summed E-state index contributed by atoms with van der Waals surface area (Å²) in [7, 11) is 0. The number of carboxylic acids is 1. The molecule has 9 heteroatoms. The zero-order valence-corrected chi connectivity index (χ0v) is 10.6. The van der Waals surface area contributed by atoms with E-state index in [9.17, 15) is 26.7 Å². The molecule has 0 aliphatic carbocycles. The molecule has 1 rings (SSSR count). The number of aliphatic carboxylic acids is 1. The van der Waals surface area contributed by atoms with E-state index < -0.39 is 41.8 Å². The summed E-state index contributed by atoms with van der Waals surface area (Å²) in [6.07, 6.45) is -8.70. The molecule has 0 aliphatic heterocycles. The van der Waals surface area contributed by atoms with E-state index >= 15 is 0 Å². The van der Waals surface area contributed by atoms with E-state index in [1.165, 1.54) is 22.6 Å². The van der Waals surface area contributed by atoms with Crippen molar-refractivity contribution < 1.29 is 31.9 Å². The van der Waals surface area contributed by atoms with Crippen molar-refractivity contribution >= 4 is 28.6 Å². The van der Waals surface area contributed by atoms with Crippen LogP contribution in [0.3, 0.4) is 0 Å². The first-order valence-corrected chi connectivity index (χ1v) is 5.47. The molecule has 0 unspecified atom stereocenters. The third kappa shape index (κ3) is 3.27. The zero-order chi connectivity index (χ0) is 14.1. The molecule has 18 heavy (non-hydrogen) atoms. The molecule has 0 atom stereocenters. The van der Waals surface area contributed by atoms with Crippen LogP contribution in [0.15, 0.2) is 6.20 Å². The molecule has 100 valence electrons. The number of halogens is 6. The van der Waals surface area contributed by atoms with Gasteiger partial charge in [0.25, 0.3) is 6.43 Å². The highest BCUT2D eigenvalue weighted by Crippen LogP contribution is 2.40. The fourth-order valence-corrected chi connectivity index (χ4v) is 1.99. The van der Waals surface area contributed by atoms with E-state index in [1.54, 1.807) is 0 Å². The number of hydrogen-bond donors (Lipinski definition) is 1. The van der Waals surface area contributed by atoms with Gasteiger partial charge in [-0.25, -0.2) is 8.78 Å². The molecular weight excluding hydrogens is 376 g/mol. The van der Waals surface area contributed by atoms with Crippen molar-refractivity contribution in [2.45, 2.75) is 19.0 Å². The normalized spacial score (nSPS) is 11.9. The first-order valence-electron chi connectivity index (χ1n) is 4.39. The van der Waals surface area contributed by atoms with Crippen molar-refractivity contribution in [2.75, 3.05) is 0 Å². The Bertz CT molecular complexity index is 475. The fraction of sp³-hybridized carbons (Fsp3) is 0.333. The third-order valence-electron chi connectivity index (χ3n) is 1.97. The van der Waals surface area contributed by atoms with Gasteiger partial charge in [-0.15, -0.1) is 0 Å². The van der Waals surface area contributed by atoms with Gasteiger partial charge in [0.1, 0.15) is 0 Å². The third-order valence-corrected chi connectivity index (χ3v) is 2.83. The molecule has 0 amide bonds. The van der Waals surface area contributed by atoms with Crippen LogP contribution in [-0.4, -0.2) is 16.1 Å². The van der Waals surface area contributed by atoms with Crippen LogP contribution in [0.2, 0.25) is 0 Å². The van der Waals surface area contributed by atoms with Crippen LogP contribution >= 0.6 is 22.6 Å². The summed E-state index contributed by atoms with van der Waals surface area (Å²) in [5.41, 5.74) is -3.80. The Morgan fingerprint density at radius 1 is 1.44 bits per heavy atom. The van der Waals surface area contributed by atoms with E-state index in [4.69, 9.17) is 5.11 Å². The van der Waals surface area contributed by atoms with Gasteiger partial charge in [0, 0.05) is 15.3 Å². The minimum Gasteiger partial charge on any atom is -0.481 e. The molecule has 0 aliphatic rings. The summed E-state index contributed by atoms with van der Waals surface area (Å²) in [6.45, 7) is 0. The number of hydrogen-bond acceptors (Lipinski definition) is 2. The fourth-order valence-electron chi connectivity index (χ4n) is 1.35. The lowest BCUT2D eigenvalue weighted by atomic mass is 10.0. The van der Waals surface area contributed by atoms with Gasteiger partial charge in [-0.05, 0) is 22.6 Å². The van der Waals surface area contributed by atoms with Crippen molar-refractivity contribution in [1.29, 1.82) is 0 Å². The summed E-state index contributed by atoms with van der Waals surface area (Å²) in [5.74, 6) is -1.57. The number of carbonyl (C=O) groups is 1. The van der Waals surface area contributed by atoms with E-state index in [-0.39, 0.29) is 3.57 Å². The molecular formula is C9H5F5INO2. The molecule has 1 N–H and O–H groups in total. The molecule has 1 aromatic rings. The topological polar surface area (TPSA) is 50.2 Å². The van der Waals surface area contributed by atoms with Crippen LogP contribution in [0, 0.1) is 3.57 Å². The Labute approximate surface area is 111 Å². The van der Waals surface area contributed by atoms with E-state index in [1.807, 2.05) is 0 Å². The molecule has 1 heterocycles. The minimum atomic E-state index is -5.08. The quantitative estimate of drug-likeness (QED) is 0.646. The summed E-state index contributed by atoms with van der Waals surface area (Å²) < 4.78 is 63.1. The number of alkyl halides is 5. The number of aromatic nitrogens is 1. The molecule has 0 bridgehead atoms. The average Bonchev–Trinajstić information content (AvgIpc) is 2.17. The summed E-state index contributed by atoms with van der Waals surface area (Å²) in [6, 6.07) is 0. The SMILES string of the molecule is O=C(O)Cc1ncc(I)c(C(F)F)c1C(F)(F)F. The highest BCUT2D eigenvalue weighted by atomic mass is 127. The Morgan fingerprint density at radius 2 is 2.00 bits per heavy atom. The van der Waals surface area contributed by atoms with Crippen molar-refractivity contribution in [3.63, 3.8) is 0 Å². The maximum Gasteiger partial charge on any atom is 0.418 e. The van der Waals surface area contributed by atoms with Crippen molar-refractivity contribution in [3.8, 4) is 0 Å². The van der Waals surface area contributed by atoms with Gasteiger partial charge in [0.15, 0.2) is 0 Å². The monoisotopic (exact) mass is 381 g/mol. The standard InChI is InChI=1S/C9H5F5INO2/c10-8(11)6-3(15)2-16-4(1-5(17)18)7(6)9(12,13)14/h2,8H,1H2,(H,17,18). The van der Waals surface area contributed by atoms with Crippen LogP contribution < -0.4 is 0 Å². The molecule has 0 saturated heterocycles. The number of rotatable bonds is 3. The molecule has 0 radical (unpaired) electrons. The Hall–Kier alpha value is -1.00. The second kappa shape index (κ2) is 5.33. The molecule has 0 fully saturated rings. The van der Waals surface area contributed by atoms with Gasteiger partial charge in [0.05, 0.1) is 17.7 Å². The molecule has 3 nitrogen and oxygen atoms in total. The predicted octanol–water partition coefficient (Wildman–Crippen LogP) is 3.27. The van der Waals surface area contributed by atoms with Crippen LogP contribution in [0.1, 0.15) is 23.2 Å². The Balaban J connectivity index is 3.54.